The number of rotatable bonds is 5. The summed E-state index contributed by atoms with van der Waals surface area (Å²) in [7, 11) is 0. The Labute approximate surface area is 124 Å². The lowest BCUT2D eigenvalue weighted by atomic mass is 10.2. The Morgan fingerprint density at radius 2 is 2.24 bits per heavy atom. The maximum atomic E-state index is 11.6. The largest absolute Gasteiger partial charge is 0.393 e. The molecular weight excluding hydrogens is 294 g/mol. The lowest BCUT2D eigenvalue weighted by molar-refractivity contribution is -0.383. The molecule has 0 amide bonds. The van der Waals surface area contributed by atoms with Crippen molar-refractivity contribution in [3.05, 3.63) is 44.4 Å². The van der Waals surface area contributed by atoms with Crippen LogP contribution in [0.5, 0.6) is 0 Å². The van der Waals surface area contributed by atoms with E-state index in [4.69, 9.17) is 5.73 Å². The molecule has 112 valence electrons. The molecule has 0 saturated carbocycles. The van der Waals surface area contributed by atoms with Crippen molar-refractivity contribution in [2.24, 2.45) is 0 Å². The molecule has 0 bridgehead atoms. The molecule has 0 aliphatic heterocycles. The quantitative estimate of drug-likeness (QED) is 0.377. The Morgan fingerprint density at radius 1 is 1.52 bits per heavy atom. The lowest BCUT2D eigenvalue weighted by Crippen LogP contribution is -2.19. The van der Waals surface area contributed by atoms with E-state index < -0.39 is 4.92 Å². The predicted molar refractivity (Wildman–Crippen MR) is 80.3 cm³/mol. The standard InChI is InChI=1S/C12H15N5O3S/c1-7(2)16-11(18)14-15-12(16)21-6-8-3-4-9(13)10(5-8)17(19)20/h3-5,7H,6,13H2,1-2H3,(H,14,18). The van der Waals surface area contributed by atoms with Crippen LogP contribution < -0.4 is 11.4 Å². The van der Waals surface area contributed by atoms with E-state index in [1.54, 1.807) is 6.07 Å². The Kier molecular flexibility index (Phi) is 4.32. The van der Waals surface area contributed by atoms with Gasteiger partial charge in [0.15, 0.2) is 5.16 Å². The minimum atomic E-state index is -0.512. The lowest BCUT2D eigenvalue weighted by Gasteiger charge is -2.08. The highest BCUT2D eigenvalue weighted by molar-refractivity contribution is 7.98. The zero-order chi connectivity index (χ0) is 15.6. The number of benzene rings is 1. The fraction of sp³-hybridized carbons (Fsp3) is 0.333. The number of nitro benzene ring substituents is 1. The number of nitro groups is 1. The third-order valence-corrected chi connectivity index (χ3v) is 3.87. The number of thioether (sulfide) groups is 1. The molecule has 0 spiro atoms. The molecule has 21 heavy (non-hydrogen) atoms. The highest BCUT2D eigenvalue weighted by Gasteiger charge is 2.14. The smallest absolute Gasteiger partial charge is 0.344 e. The molecule has 1 aromatic carbocycles. The predicted octanol–water partition coefficient (Wildman–Crippen LogP) is 1.93. The van der Waals surface area contributed by atoms with Gasteiger partial charge >= 0.3 is 5.69 Å². The summed E-state index contributed by atoms with van der Waals surface area (Å²) in [4.78, 5) is 21.9. The van der Waals surface area contributed by atoms with Gasteiger partial charge in [0.05, 0.1) is 4.92 Å². The number of anilines is 1. The first-order chi connectivity index (χ1) is 9.90. The Morgan fingerprint density at radius 3 is 2.86 bits per heavy atom. The molecule has 1 heterocycles. The van der Waals surface area contributed by atoms with Crippen LogP contribution in [-0.2, 0) is 5.75 Å². The molecule has 0 saturated heterocycles. The summed E-state index contributed by atoms with van der Waals surface area (Å²) >= 11 is 1.33. The minimum absolute atomic E-state index is 0.0143. The van der Waals surface area contributed by atoms with Crippen molar-refractivity contribution < 1.29 is 4.92 Å². The molecule has 3 N–H and O–H groups in total. The first-order valence-corrected chi connectivity index (χ1v) is 7.21. The Balaban J connectivity index is 2.19. The van der Waals surface area contributed by atoms with Gasteiger partial charge in [-0.1, -0.05) is 17.8 Å². The van der Waals surface area contributed by atoms with Crippen molar-refractivity contribution in [2.75, 3.05) is 5.73 Å². The van der Waals surface area contributed by atoms with E-state index >= 15 is 0 Å². The molecule has 0 fully saturated rings. The maximum absolute atomic E-state index is 11.6. The third-order valence-electron chi connectivity index (χ3n) is 2.85. The van der Waals surface area contributed by atoms with Crippen molar-refractivity contribution in [3.8, 4) is 0 Å². The second-order valence-electron chi connectivity index (χ2n) is 4.71. The van der Waals surface area contributed by atoms with Gasteiger partial charge < -0.3 is 5.73 Å². The molecule has 9 heteroatoms. The van der Waals surface area contributed by atoms with Gasteiger partial charge in [-0.25, -0.2) is 9.89 Å². The summed E-state index contributed by atoms with van der Waals surface area (Å²) in [6.45, 7) is 3.77. The topological polar surface area (TPSA) is 120 Å². The summed E-state index contributed by atoms with van der Waals surface area (Å²) in [6.07, 6.45) is 0. The van der Waals surface area contributed by atoms with E-state index in [-0.39, 0.29) is 23.1 Å². The average molecular weight is 309 g/mol. The van der Waals surface area contributed by atoms with Crippen LogP contribution in [0.1, 0.15) is 25.5 Å². The zero-order valence-electron chi connectivity index (χ0n) is 11.6. The number of nitrogens with one attached hydrogen (secondary N) is 1. The van der Waals surface area contributed by atoms with Crippen molar-refractivity contribution >= 4 is 23.1 Å². The number of hydrogen-bond acceptors (Lipinski definition) is 6. The van der Waals surface area contributed by atoms with Gasteiger partial charge in [-0.2, -0.15) is 0 Å². The molecule has 0 aliphatic rings. The number of nitrogen functional groups attached to an aromatic ring is 1. The van der Waals surface area contributed by atoms with Gasteiger partial charge in [-0.05, 0) is 25.5 Å². The number of aromatic nitrogens is 3. The summed E-state index contributed by atoms with van der Waals surface area (Å²) in [6, 6.07) is 4.65. The zero-order valence-corrected chi connectivity index (χ0v) is 12.4. The van der Waals surface area contributed by atoms with Crippen LogP contribution in [0.2, 0.25) is 0 Å². The summed E-state index contributed by atoms with van der Waals surface area (Å²) in [5.41, 5.74) is 6.05. The van der Waals surface area contributed by atoms with Gasteiger partial charge in [0.2, 0.25) is 0 Å². The first-order valence-electron chi connectivity index (χ1n) is 6.22. The number of nitrogens with zero attached hydrogens (tertiary/aromatic N) is 3. The minimum Gasteiger partial charge on any atom is -0.393 e. The molecular formula is C12H15N5O3S. The van der Waals surface area contributed by atoms with E-state index in [0.717, 1.165) is 5.56 Å². The fourth-order valence-corrected chi connectivity index (χ4v) is 2.85. The monoisotopic (exact) mass is 309 g/mol. The summed E-state index contributed by atoms with van der Waals surface area (Å²) < 4.78 is 1.54. The van der Waals surface area contributed by atoms with Crippen molar-refractivity contribution in [1.82, 2.24) is 14.8 Å². The van der Waals surface area contributed by atoms with Gasteiger partial charge in [0, 0.05) is 17.9 Å². The summed E-state index contributed by atoms with van der Waals surface area (Å²) in [5, 5.41) is 17.8. The van der Waals surface area contributed by atoms with Gasteiger partial charge in [0.1, 0.15) is 5.69 Å². The van der Waals surface area contributed by atoms with Crippen LogP contribution in [-0.4, -0.2) is 19.7 Å². The molecule has 0 unspecified atom stereocenters. The van der Waals surface area contributed by atoms with Crippen LogP contribution in [0.4, 0.5) is 11.4 Å². The number of H-pyrrole nitrogens is 1. The van der Waals surface area contributed by atoms with E-state index in [1.165, 1.54) is 28.5 Å². The van der Waals surface area contributed by atoms with Gasteiger partial charge in [-0.3, -0.25) is 14.7 Å². The molecule has 1 aromatic heterocycles. The van der Waals surface area contributed by atoms with Crippen molar-refractivity contribution in [3.63, 3.8) is 0 Å². The van der Waals surface area contributed by atoms with Crippen molar-refractivity contribution in [2.45, 2.75) is 30.8 Å². The second-order valence-corrected chi connectivity index (χ2v) is 5.66. The SMILES string of the molecule is CC(C)n1c(SCc2ccc(N)c([N+](=O)[O-])c2)n[nH]c1=O. The highest BCUT2D eigenvalue weighted by Crippen LogP contribution is 2.27. The molecule has 0 radical (unpaired) electrons. The molecule has 8 nitrogen and oxygen atoms in total. The molecule has 0 atom stereocenters. The Bertz CT molecular complexity index is 722. The van der Waals surface area contributed by atoms with Gasteiger partial charge in [0.25, 0.3) is 5.69 Å². The van der Waals surface area contributed by atoms with Crippen LogP contribution >= 0.6 is 11.8 Å². The molecule has 0 aliphatic carbocycles. The van der Waals surface area contributed by atoms with Crippen LogP contribution in [0.15, 0.2) is 28.2 Å². The van der Waals surface area contributed by atoms with E-state index in [1.807, 2.05) is 13.8 Å². The van der Waals surface area contributed by atoms with Crippen LogP contribution in [0, 0.1) is 10.1 Å². The second kappa shape index (κ2) is 6.00. The average Bonchev–Trinajstić information content (AvgIpc) is 2.78. The normalized spacial score (nSPS) is 11.0. The third kappa shape index (κ3) is 3.24. The van der Waals surface area contributed by atoms with Crippen molar-refractivity contribution in [1.29, 1.82) is 0 Å². The van der Waals surface area contributed by atoms with Crippen LogP contribution in [0.25, 0.3) is 0 Å². The molecule has 2 rings (SSSR count). The number of nitrogens with two attached hydrogens (primary N) is 1. The number of hydrogen-bond donors (Lipinski definition) is 2. The first kappa shape index (κ1) is 15.1. The van der Waals surface area contributed by atoms with E-state index in [9.17, 15) is 14.9 Å². The van der Waals surface area contributed by atoms with E-state index in [2.05, 4.69) is 10.2 Å². The summed E-state index contributed by atoms with van der Waals surface area (Å²) in [5.74, 6) is 0.456. The molecule has 2 aromatic rings. The van der Waals surface area contributed by atoms with E-state index in [0.29, 0.717) is 10.9 Å². The van der Waals surface area contributed by atoms with Gasteiger partial charge in [-0.15, -0.1) is 5.10 Å². The van der Waals surface area contributed by atoms with Crippen LogP contribution in [0.3, 0.4) is 0 Å². The maximum Gasteiger partial charge on any atom is 0.344 e. The fourth-order valence-electron chi connectivity index (χ4n) is 1.83. The Hall–Kier alpha value is -2.29. The highest BCUT2D eigenvalue weighted by atomic mass is 32.2. The number of aromatic amines is 1.